The van der Waals surface area contributed by atoms with E-state index in [0.717, 1.165) is 0 Å². The number of nitrogens with one attached hydrogen (secondary N) is 1. The van der Waals surface area contributed by atoms with Crippen LogP contribution < -0.4 is 5.73 Å². The number of aliphatic carboxylic acids is 1. The first-order valence-electron chi connectivity index (χ1n) is 5.36. The number of hydrogen-bond donors (Lipinski definition) is 4. The minimum Gasteiger partial charge on any atom is -0.507 e. The number of nitro groups is 1. The molecule has 0 fully saturated rings. The third-order valence-electron chi connectivity index (χ3n) is 2.83. The molecule has 0 saturated carbocycles. The first kappa shape index (κ1) is 12.8. The van der Waals surface area contributed by atoms with Crippen LogP contribution in [0.1, 0.15) is 5.56 Å². The van der Waals surface area contributed by atoms with Crippen LogP contribution in [0.15, 0.2) is 18.3 Å². The molecule has 0 aliphatic rings. The fourth-order valence-corrected chi connectivity index (χ4v) is 1.92. The van der Waals surface area contributed by atoms with E-state index in [2.05, 4.69) is 4.98 Å². The molecule has 0 aliphatic heterocycles. The van der Waals surface area contributed by atoms with Crippen LogP contribution in [0, 0.1) is 10.1 Å². The van der Waals surface area contributed by atoms with Crippen LogP contribution in [0.3, 0.4) is 0 Å². The van der Waals surface area contributed by atoms with Gasteiger partial charge in [-0.25, -0.2) is 0 Å². The topological polar surface area (TPSA) is 142 Å². The molecule has 1 aromatic carbocycles. The normalized spacial score (nSPS) is 12.5. The zero-order valence-electron chi connectivity index (χ0n) is 9.66. The van der Waals surface area contributed by atoms with Crippen molar-refractivity contribution in [2.24, 2.45) is 5.73 Å². The number of benzene rings is 1. The van der Waals surface area contributed by atoms with Crippen LogP contribution in [-0.4, -0.2) is 32.1 Å². The Morgan fingerprint density at radius 1 is 1.53 bits per heavy atom. The molecular formula is C11H11N3O5. The quantitative estimate of drug-likeness (QED) is 0.474. The van der Waals surface area contributed by atoms with Gasteiger partial charge in [-0.15, -0.1) is 0 Å². The highest BCUT2D eigenvalue weighted by molar-refractivity contribution is 5.95. The summed E-state index contributed by atoms with van der Waals surface area (Å²) < 4.78 is 0. The molecule has 0 bridgehead atoms. The molecule has 2 rings (SSSR count). The number of nitro benzene ring substituents is 1. The Balaban J connectivity index is 2.56. The van der Waals surface area contributed by atoms with Crippen molar-refractivity contribution < 1.29 is 19.9 Å². The number of carboxylic acids is 1. The van der Waals surface area contributed by atoms with Gasteiger partial charge >= 0.3 is 5.97 Å². The second-order valence-corrected chi connectivity index (χ2v) is 4.07. The molecule has 2 aromatic rings. The van der Waals surface area contributed by atoms with Gasteiger partial charge in [0.25, 0.3) is 5.69 Å². The van der Waals surface area contributed by atoms with E-state index < -0.39 is 16.9 Å². The van der Waals surface area contributed by atoms with Gasteiger partial charge in [-0.2, -0.15) is 0 Å². The Labute approximate surface area is 106 Å². The molecule has 1 heterocycles. The number of aromatic amines is 1. The van der Waals surface area contributed by atoms with Gasteiger partial charge in [-0.05, 0) is 11.6 Å². The van der Waals surface area contributed by atoms with Crippen LogP contribution >= 0.6 is 0 Å². The Morgan fingerprint density at radius 3 is 2.79 bits per heavy atom. The number of aromatic hydroxyl groups is 1. The lowest BCUT2D eigenvalue weighted by molar-refractivity contribution is -0.383. The maximum atomic E-state index is 10.9. The average molecular weight is 265 g/mol. The summed E-state index contributed by atoms with van der Waals surface area (Å²) >= 11 is 0. The van der Waals surface area contributed by atoms with Crippen LogP contribution in [0.5, 0.6) is 5.75 Å². The summed E-state index contributed by atoms with van der Waals surface area (Å²) in [5.41, 5.74) is 5.80. The summed E-state index contributed by atoms with van der Waals surface area (Å²) in [5.74, 6) is -1.34. The number of phenolic OH excluding ortho intramolecular Hbond substituents is 1. The Kier molecular flexibility index (Phi) is 3.09. The standard InChI is InChI=1S/C11H11N3O5/c12-6(11(16)17)3-5-4-13-10-7(14(18)19)1-2-8(15)9(5)10/h1-2,4,6,13,15H,3,12H2,(H,16,17). The largest absolute Gasteiger partial charge is 0.507 e. The van der Waals surface area contributed by atoms with Gasteiger partial charge in [0.2, 0.25) is 0 Å². The molecule has 19 heavy (non-hydrogen) atoms. The van der Waals surface area contributed by atoms with Crippen molar-refractivity contribution in [3.05, 3.63) is 34.0 Å². The first-order chi connectivity index (χ1) is 8.91. The fraction of sp³-hybridized carbons (Fsp3) is 0.182. The Morgan fingerprint density at radius 2 is 2.21 bits per heavy atom. The number of rotatable bonds is 4. The van der Waals surface area contributed by atoms with Crippen molar-refractivity contribution in [3.63, 3.8) is 0 Å². The van der Waals surface area contributed by atoms with Crippen molar-refractivity contribution in [2.75, 3.05) is 0 Å². The minimum atomic E-state index is -1.18. The van der Waals surface area contributed by atoms with Crippen molar-refractivity contribution in [2.45, 2.75) is 12.5 Å². The van der Waals surface area contributed by atoms with Crippen LogP contribution in [0.2, 0.25) is 0 Å². The maximum absolute atomic E-state index is 10.9. The number of hydrogen-bond acceptors (Lipinski definition) is 5. The van der Waals surface area contributed by atoms with Gasteiger partial charge in [0.05, 0.1) is 10.3 Å². The number of nitrogens with two attached hydrogens (primary N) is 1. The van der Waals surface area contributed by atoms with E-state index in [4.69, 9.17) is 10.8 Å². The Bertz CT molecular complexity index is 664. The van der Waals surface area contributed by atoms with E-state index in [9.17, 15) is 20.0 Å². The molecule has 0 aliphatic carbocycles. The third-order valence-corrected chi connectivity index (χ3v) is 2.83. The summed E-state index contributed by atoms with van der Waals surface area (Å²) in [6.07, 6.45) is 1.38. The van der Waals surface area contributed by atoms with Crippen molar-refractivity contribution in [3.8, 4) is 5.75 Å². The SMILES string of the molecule is NC(Cc1c[nH]c2c([N+](=O)[O-])ccc(O)c12)C(=O)O. The molecule has 0 spiro atoms. The second kappa shape index (κ2) is 4.58. The lowest BCUT2D eigenvalue weighted by atomic mass is 10.0. The molecule has 0 saturated heterocycles. The van der Waals surface area contributed by atoms with Crippen molar-refractivity contribution in [1.82, 2.24) is 4.98 Å². The zero-order chi connectivity index (χ0) is 14.2. The lowest BCUT2D eigenvalue weighted by Gasteiger charge is -2.05. The summed E-state index contributed by atoms with van der Waals surface area (Å²) in [7, 11) is 0. The number of H-pyrrole nitrogens is 1. The number of non-ortho nitro benzene ring substituents is 1. The molecule has 8 nitrogen and oxygen atoms in total. The average Bonchev–Trinajstić information content (AvgIpc) is 2.73. The third kappa shape index (κ3) is 2.20. The number of phenols is 1. The summed E-state index contributed by atoms with van der Waals surface area (Å²) in [4.78, 5) is 23.7. The fourth-order valence-electron chi connectivity index (χ4n) is 1.92. The van der Waals surface area contributed by atoms with E-state index in [0.29, 0.717) is 5.56 Å². The van der Waals surface area contributed by atoms with E-state index in [-0.39, 0.29) is 28.8 Å². The summed E-state index contributed by atoms with van der Waals surface area (Å²) in [5, 5.41) is 29.6. The first-order valence-corrected chi connectivity index (χ1v) is 5.36. The molecule has 0 radical (unpaired) electrons. The van der Waals surface area contributed by atoms with Crippen LogP contribution in [0.25, 0.3) is 10.9 Å². The van der Waals surface area contributed by atoms with E-state index in [1.165, 1.54) is 18.3 Å². The maximum Gasteiger partial charge on any atom is 0.320 e. The smallest absolute Gasteiger partial charge is 0.320 e. The number of carboxylic acid groups (broad SMARTS) is 1. The van der Waals surface area contributed by atoms with Crippen molar-refractivity contribution in [1.29, 1.82) is 0 Å². The molecule has 100 valence electrons. The lowest BCUT2D eigenvalue weighted by Crippen LogP contribution is -2.32. The highest BCUT2D eigenvalue weighted by Crippen LogP contribution is 2.34. The molecule has 1 unspecified atom stereocenters. The van der Waals surface area contributed by atoms with E-state index >= 15 is 0 Å². The monoisotopic (exact) mass is 265 g/mol. The number of carbonyl (C=O) groups is 1. The van der Waals surface area contributed by atoms with E-state index in [1.54, 1.807) is 0 Å². The van der Waals surface area contributed by atoms with Gasteiger partial charge < -0.3 is 20.9 Å². The predicted molar refractivity (Wildman–Crippen MR) is 65.9 cm³/mol. The molecule has 1 aromatic heterocycles. The van der Waals surface area contributed by atoms with E-state index in [1.807, 2.05) is 0 Å². The minimum absolute atomic E-state index is 0.0376. The summed E-state index contributed by atoms with van der Waals surface area (Å²) in [6, 6.07) is 1.23. The number of fused-ring (bicyclic) bond motifs is 1. The predicted octanol–water partition coefficient (Wildman–Crippen LogP) is 0.736. The second-order valence-electron chi connectivity index (χ2n) is 4.07. The zero-order valence-corrected chi connectivity index (χ0v) is 9.66. The molecule has 8 heteroatoms. The highest BCUT2D eigenvalue weighted by atomic mass is 16.6. The molecule has 5 N–H and O–H groups in total. The summed E-state index contributed by atoms with van der Waals surface area (Å²) in [6.45, 7) is 0. The number of aromatic nitrogens is 1. The highest BCUT2D eigenvalue weighted by Gasteiger charge is 2.21. The molecular weight excluding hydrogens is 254 g/mol. The van der Waals surface area contributed by atoms with Crippen LogP contribution in [0.4, 0.5) is 5.69 Å². The molecule has 0 amide bonds. The van der Waals surface area contributed by atoms with Gasteiger partial charge in [0.15, 0.2) is 0 Å². The van der Waals surface area contributed by atoms with Gasteiger partial charge in [-0.1, -0.05) is 0 Å². The van der Waals surface area contributed by atoms with Gasteiger partial charge in [-0.3, -0.25) is 14.9 Å². The van der Waals surface area contributed by atoms with Crippen molar-refractivity contribution >= 4 is 22.6 Å². The van der Waals surface area contributed by atoms with Gasteiger partial charge in [0.1, 0.15) is 17.3 Å². The Hall–Kier alpha value is -2.61. The molecule has 1 atom stereocenters. The van der Waals surface area contributed by atoms with Gasteiger partial charge in [0, 0.05) is 18.7 Å². The van der Waals surface area contributed by atoms with Crippen LogP contribution in [-0.2, 0) is 11.2 Å². The number of nitrogens with zero attached hydrogens (tertiary/aromatic N) is 1.